The van der Waals surface area contributed by atoms with Crippen LogP contribution >= 0.6 is 35.2 Å². The van der Waals surface area contributed by atoms with Crippen LogP contribution in [0.5, 0.6) is 0 Å². The zero-order valence-corrected chi connectivity index (χ0v) is 35.7. The van der Waals surface area contributed by atoms with E-state index in [9.17, 15) is 52.7 Å². The number of phosphoric ester groups is 1. The molecule has 4 rings (SSSR count). The number of thioether (sulfide) groups is 1. The van der Waals surface area contributed by atoms with Gasteiger partial charge in [-0.15, -0.1) is 0 Å². The number of aliphatic hydroxyl groups is 1. The monoisotopic (exact) mass is 879 g/mol. The number of carbonyl (C=O) groups is 4. The van der Waals surface area contributed by atoms with Gasteiger partial charge in [-0.2, -0.15) is 11.8 Å². The Bertz CT molecular complexity index is 1680. The molecule has 0 bridgehead atoms. The normalized spacial score (nSPS) is 27.7. The van der Waals surface area contributed by atoms with Crippen molar-refractivity contribution in [1.29, 1.82) is 0 Å². The summed E-state index contributed by atoms with van der Waals surface area (Å²) in [6, 6.07) is -0.521. The van der Waals surface area contributed by atoms with Gasteiger partial charge in [-0.3, -0.25) is 28.2 Å². The first-order chi connectivity index (χ1) is 25.8. The number of nitrogens with zero attached hydrogens (tertiary/aromatic N) is 1. The van der Waals surface area contributed by atoms with E-state index in [1.54, 1.807) is 0 Å². The molecule has 0 aromatic heterocycles. The fourth-order valence-corrected chi connectivity index (χ4v) is 10.4. The molecule has 310 valence electrons. The van der Waals surface area contributed by atoms with E-state index in [2.05, 4.69) is 51.6 Å². The molecule has 3 saturated heterocycles. The van der Waals surface area contributed by atoms with Crippen LogP contribution in [-0.2, 0) is 41.2 Å². The second-order valence-electron chi connectivity index (χ2n) is 12.8. The Hall–Kier alpha value is -0.788. The third-order valence-corrected chi connectivity index (χ3v) is 13.7. The molecule has 0 spiro atoms. The molecule has 4 aliphatic heterocycles. The maximum absolute atomic E-state index is 12.6. The Labute approximate surface area is 374 Å². The predicted molar refractivity (Wildman–Crippen MR) is 185 cm³/mol. The maximum Gasteiger partial charge on any atom is 1.00 e. The van der Waals surface area contributed by atoms with Crippen molar-refractivity contribution in [2.45, 2.75) is 99.7 Å². The van der Waals surface area contributed by atoms with Crippen LogP contribution in [0.4, 0.5) is 9.59 Å². The number of aliphatic hydroxyl groups excluding tert-OH is 1. The molecule has 3 fully saturated rings. The number of ether oxygens (including phenoxy) is 1. The predicted octanol–water partition coefficient (Wildman–Crippen LogP) is -11.4. The minimum Gasteiger partial charge on any atom is -0.756 e. The quantitative estimate of drug-likeness (QED) is 0.0185. The summed E-state index contributed by atoms with van der Waals surface area (Å²) in [5.74, 6) is 6.11. The summed E-state index contributed by atoms with van der Waals surface area (Å²) in [5.41, 5.74) is 6.14. The Kier molecular flexibility index (Phi) is 24.1. The number of hydrogen-bond donors (Lipinski definition) is 8. The number of rotatable bonds is 20. The molecular weight excluding hydrogens is 836 g/mol. The minimum absolute atomic E-state index is 0. The summed E-state index contributed by atoms with van der Waals surface area (Å²) < 4.78 is 50.3. The van der Waals surface area contributed by atoms with E-state index in [4.69, 9.17) is 15.4 Å². The van der Waals surface area contributed by atoms with E-state index >= 15 is 0 Å². The van der Waals surface area contributed by atoms with Gasteiger partial charge in [0.15, 0.2) is 0 Å². The average Bonchev–Trinajstić information content (AvgIpc) is 3.74. The van der Waals surface area contributed by atoms with Crippen LogP contribution in [0.2, 0.25) is 0 Å². The van der Waals surface area contributed by atoms with Gasteiger partial charge >= 0.3 is 68.6 Å². The molecule has 4 unspecified atom stereocenters. The van der Waals surface area contributed by atoms with Gasteiger partial charge in [0.25, 0.3) is 23.5 Å². The summed E-state index contributed by atoms with van der Waals surface area (Å²) in [4.78, 5) is 91.7. The van der Waals surface area contributed by atoms with E-state index in [1.807, 2.05) is 11.8 Å². The number of nitrogens with two attached hydrogens (primary N) is 1. The van der Waals surface area contributed by atoms with Gasteiger partial charge in [-0.05, 0) is 25.7 Å². The zero-order chi connectivity index (χ0) is 40.4. The molecule has 0 aromatic carbocycles. The van der Waals surface area contributed by atoms with Crippen molar-refractivity contribution in [3.05, 3.63) is 11.8 Å². The molecule has 4 heterocycles. The number of nitrogens with one attached hydrogen (secondary N) is 5. The molecular formula is C28H43Li3N7O16P3S. The molecule has 58 heavy (non-hydrogen) atoms. The third kappa shape index (κ3) is 18.7. The number of hydrogen-bond acceptors (Lipinski definition) is 17. The Morgan fingerprint density at radius 2 is 1.66 bits per heavy atom. The van der Waals surface area contributed by atoms with Gasteiger partial charge in [0.05, 0.1) is 36.9 Å². The molecule has 4 aliphatic rings. The standard InChI is InChI=1S/C28H46N7O16P3S.3Li/c29-26-17(14-35(28(40)34-26)24-13-19(36)20(49-24)15-48-53(44,45)51-54(46,47)50-52(41,42)43)7-6-12-31-22(37)9-2-1-5-11-30-23(38)10-4-3-8-21-25-18(16-55-21)32-27(39)33-25;;;/h14,18-21,24-26,36H,1-5,8-13,15-16,29H2,(H,30,38)(H,31,37)(H,34,40)(H,44,45)(H,46,47)(H2,32,33,39)(H2,41,42,43);;;/q;3*+1/p-3/t18-,19-,20+,21-,24+,25-,26?;;;/m0.../s1. The van der Waals surface area contributed by atoms with Crippen LogP contribution in [0.1, 0.15) is 57.8 Å². The number of unbranched alkanes of at least 4 members (excludes halogenated alkanes) is 3. The van der Waals surface area contributed by atoms with E-state index in [-0.39, 0.29) is 111 Å². The van der Waals surface area contributed by atoms with Gasteiger partial charge < -0.3 is 66.3 Å². The molecule has 23 nitrogen and oxygen atoms in total. The van der Waals surface area contributed by atoms with E-state index in [0.717, 1.165) is 36.3 Å². The van der Waals surface area contributed by atoms with E-state index in [0.29, 0.717) is 31.1 Å². The first kappa shape index (κ1) is 55.2. The molecule has 9 N–H and O–H groups in total. The molecule has 0 saturated carbocycles. The fraction of sp³-hybridized carbons (Fsp3) is 0.714. The average molecular weight is 879 g/mol. The van der Waals surface area contributed by atoms with Crippen molar-refractivity contribution >= 4 is 59.1 Å². The Balaban J connectivity index is 0.00000561. The molecule has 0 aromatic rings. The van der Waals surface area contributed by atoms with Crippen molar-refractivity contribution < 1.29 is 132 Å². The number of amides is 6. The fourth-order valence-electron chi connectivity index (χ4n) is 5.94. The van der Waals surface area contributed by atoms with Crippen molar-refractivity contribution in [2.24, 2.45) is 5.73 Å². The third-order valence-electron chi connectivity index (χ3n) is 8.53. The minimum atomic E-state index is -6.12. The van der Waals surface area contributed by atoms with E-state index < -0.39 is 60.7 Å². The van der Waals surface area contributed by atoms with Crippen LogP contribution < -0.4 is 104 Å². The van der Waals surface area contributed by atoms with Crippen LogP contribution in [0.25, 0.3) is 0 Å². The van der Waals surface area contributed by atoms with Crippen LogP contribution in [0, 0.1) is 11.8 Å². The summed E-state index contributed by atoms with van der Waals surface area (Å²) in [6.45, 7) is -0.561. The first-order valence-corrected chi connectivity index (χ1v) is 22.6. The van der Waals surface area contributed by atoms with Crippen molar-refractivity contribution in [1.82, 2.24) is 31.5 Å². The number of phosphoric acid groups is 3. The Morgan fingerprint density at radius 3 is 2.34 bits per heavy atom. The van der Waals surface area contributed by atoms with E-state index in [1.165, 1.54) is 6.20 Å². The zero-order valence-electron chi connectivity index (χ0n) is 32.2. The second kappa shape index (κ2) is 25.4. The molecule has 0 aliphatic carbocycles. The van der Waals surface area contributed by atoms with Gasteiger partial charge in [0, 0.05) is 43.0 Å². The van der Waals surface area contributed by atoms with Gasteiger partial charge in [0.1, 0.15) is 18.5 Å². The van der Waals surface area contributed by atoms with Crippen LogP contribution in [0.15, 0.2) is 11.8 Å². The SMILES string of the molecule is NC1NC(=O)N([C@H]2C[C@H](O)[C@@H](COP(=O)([O-])OP(=O)([O-])OP(=O)([O-])O)O2)C=C1C#CCNC(=O)CCCCCNC(=O)CCCC[C@@H]1SC[C@@H]2NC(=O)N[C@@H]21.[Li+].[Li+].[Li+]. The van der Waals surface area contributed by atoms with Crippen LogP contribution in [-0.4, -0.2) is 106 Å². The molecule has 10 atom stereocenters. The van der Waals surface area contributed by atoms with Crippen molar-refractivity contribution in [3.8, 4) is 11.8 Å². The summed E-state index contributed by atoms with van der Waals surface area (Å²) in [6.07, 6.45) is 1.19. The second-order valence-corrected chi connectivity index (χ2v) is 18.3. The van der Waals surface area contributed by atoms with Gasteiger partial charge in [-0.1, -0.05) is 24.7 Å². The molecule has 6 amide bonds. The summed E-state index contributed by atoms with van der Waals surface area (Å²) >= 11 is 1.85. The Morgan fingerprint density at radius 1 is 0.983 bits per heavy atom. The van der Waals surface area contributed by atoms with Gasteiger partial charge in [-0.25, -0.2) is 18.2 Å². The van der Waals surface area contributed by atoms with Gasteiger partial charge in [0.2, 0.25) is 11.8 Å². The van der Waals surface area contributed by atoms with Crippen molar-refractivity contribution in [3.63, 3.8) is 0 Å². The number of carbonyl (C=O) groups excluding carboxylic acids is 4. The first-order valence-electron chi connectivity index (χ1n) is 17.1. The molecule has 0 radical (unpaired) electrons. The summed E-state index contributed by atoms with van der Waals surface area (Å²) in [5, 5.41) is 24.6. The number of urea groups is 2. The summed E-state index contributed by atoms with van der Waals surface area (Å²) in [7, 11) is -17.9. The van der Waals surface area contributed by atoms with Crippen molar-refractivity contribution in [2.75, 3.05) is 25.4 Å². The molecule has 30 heteroatoms. The number of fused-ring (bicyclic) bond motifs is 1. The maximum atomic E-state index is 12.6. The smallest absolute Gasteiger partial charge is 0.756 e. The van der Waals surface area contributed by atoms with Crippen LogP contribution in [0.3, 0.4) is 0 Å². The largest absolute Gasteiger partial charge is 1.00 e. The topological polar surface area (TPSA) is 355 Å².